The van der Waals surface area contributed by atoms with Crippen LogP contribution in [0.3, 0.4) is 0 Å². The number of aromatic amines is 1. The number of hydrogen-bond acceptors (Lipinski definition) is 6. The minimum atomic E-state index is 0.567. The van der Waals surface area contributed by atoms with E-state index >= 15 is 0 Å². The molecule has 0 unspecified atom stereocenters. The molecular weight excluding hydrogens is 360 g/mol. The molecule has 2 heterocycles. The van der Waals surface area contributed by atoms with Crippen molar-refractivity contribution in [1.82, 2.24) is 19.9 Å². The Morgan fingerprint density at radius 3 is 2.63 bits per heavy atom. The number of imidazole rings is 1. The van der Waals surface area contributed by atoms with Gasteiger partial charge in [0.25, 0.3) is 0 Å². The third kappa shape index (κ3) is 4.20. The number of nitrogens with one attached hydrogen (secondary N) is 1. The lowest BCUT2D eigenvalue weighted by Gasteiger charge is -2.04. The molecule has 0 saturated carbocycles. The van der Waals surface area contributed by atoms with Crippen molar-refractivity contribution >= 4 is 22.8 Å². The molecule has 27 heavy (non-hydrogen) atoms. The maximum Gasteiger partial charge on any atom is 0.217 e. The zero-order valence-electron chi connectivity index (χ0n) is 15.0. The van der Waals surface area contributed by atoms with E-state index in [-0.39, 0.29) is 0 Å². The van der Waals surface area contributed by atoms with Crippen molar-refractivity contribution in [3.05, 3.63) is 66.2 Å². The van der Waals surface area contributed by atoms with Gasteiger partial charge in [-0.2, -0.15) is 4.98 Å². The molecule has 0 aliphatic carbocycles. The number of hydrogen-bond donors (Lipinski definition) is 1. The van der Waals surface area contributed by atoms with Crippen LogP contribution in [0.1, 0.15) is 11.6 Å². The van der Waals surface area contributed by atoms with Gasteiger partial charge >= 0.3 is 0 Å². The Hall–Kier alpha value is -3.06. The van der Waals surface area contributed by atoms with E-state index in [0.717, 1.165) is 33.4 Å². The number of nitrogens with zero attached hydrogens (tertiary/aromatic N) is 3. The van der Waals surface area contributed by atoms with Crippen LogP contribution in [0.25, 0.3) is 11.0 Å². The van der Waals surface area contributed by atoms with Crippen molar-refractivity contribution < 1.29 is 9.47 Å². The van der Waals surface area contributed by atoms with E-state index in [1.165, 1.54) is 0 Å². The summed E-state index contributed by atoms with van der Waals surface area (Å²) in [6.07, 6.45) is 0. The molecule has 7 heteroatoms. The minimum absolute atomic E-state index is 0.567. The number of ether oxygens (including phenoxy) is 2. The molecule has 0 spiro atoms. The third-order valence-electron chi connectivity index (χ3n) is 3.84. The van der Waals surface area contributed by atoms with Crippen molar-refractivity contribution in [2.75, 3.05) is 7.11 Å². The summed E-state index contributed by atoms with van der Waals surface area (Å²) >= 11 is 1.58. The fourth-order valence-corrected chi connectivity index (χ4v) is 3.43. The molecule has 0 saturated heterocycles. The number of thioether (sulfide) groups is 1. The standard InChI is InChI=1S/C20H18N4O2S/c1-13-21-19(25-2)11-20(22-13)27-12-18-23-16-9-8-15(10-17(16)24-18)26-14-6-4-3-5-7-14/h3-11H,12H2,1-2H3,(H,23,24). The molecule has 0 bridgehead atoms. The number of benzene rings is 2. The molecule has 4 rings (SSSR count). The van der Waals surface area contributed by atoms with Gasteiger partial charge in [-0.3, -0.25) is 0 Å². The van der Waals surface area contributed by atoms with Gasteiger partial charge in [-0.25, -0.2) is 9.97 Å². The van der Waals surface area contributed by atoms with Crippen LogP contribution in [0.5, 0.6) is 17.4 Å². The monoisotopic (exact) mass is 378 g/mol. The van der Waals surface area contributed by atoms with Crippen molar-refractivity contribution in [3.8, 4) is 17.4 Å². The Balaban J connectivity index is 1.49. The van der Waals surface area contributed by atoms with Gasteiger partial charge in [-0.1, -0.05) is 30.0 Å². The van der Waals surface area contributed by atoms with E-state index in [4.69, 9.17) is 9.47 Å². The van der Waals surface area contributed by atoms with E-state index in [1.807, 2.05) is 61.5 Å². The van der Waals surface area contributed by atoms with Crippen molar-refractivity contribution in [3.63, 3.8) is 0 Å². The summed E-state index contributed by atoms with van der Waals surface area (Å²) in [5.41, 5.74) is 1.85. The largest absolute Gasteiger partial charge is 0.481 e. The molecule has 6 nitrogen and oxygen atoms in total. The van der Waals surface area contributed by atoms with Crippen LogP contribution in [0.15, 0.2) is 59.6 Å². The Morgan fingerprint density at radius 1 is 0.963 bits per heavy atom. The highest BCUT2D eigenvalue weighted by molar-refractivity contribution is 7.98. The normalized spacial score (nSPS) is 10.9. The maximum atomic E-state index is 5.87. The highest BCUT2D eigenvalue weighted by Gasteiger charge is 2.08. The van der Waals surface area contributed by atoms with E-state index in [9.17, 15) is 0 Å². The summed E-state index contributed by atoms with van der Waals surface area (Å²) in [5.74, 6) is 4.36. The van der Waals surface area contributed by atoms with Crippen molar-refractivity contribution in [2.45, 2.75) is 17.7 Å². The van der Waals surface area contributed by atoms with E-state index in [2.05, 4.69) is 19.9 Å². The van der Waals surface area contributed by atoms with Crippen LogP contribution >= 0.6 is 11.8 Å². The first kappa shape index (κ1) is 17.4. The molecule has 0 aliphatic rings. The zero-order valence-corrected chi connectivity index (χ0v) is 15.8. The van der Waals surface area contributed by atoms with Gasteiger partial charge in [0.05, 0.1) is 23.9 Å². The van der Waals surface area contributed by atoms with Gasteiger partial charge in [-0.05, 0) is 31.2 Å². The Kier molecular flexibility index (Phi) is 4.93. The Labute approximate surface area is 161 Å². The topological polar surface area (TPSA) is 72.9 Å². The van der Waals surface area contributed by atoms with Crippen LogP contribution < -0.4 is 9.47 Å². The SMILES string of the molecule is COc1cc(SCc2nc3cc(Oc4ccccc4)ccc3[nH]2)nc(C)n1. The number of rotatable bonds is 6. The molecular formula is C20H18N4O2S. The van der Waals surface area contributed by atoms with Crippen LogP contribution in [-0.2, 0) is 5.75 Å². The van der Waals surface area contributed by atoms with Gasteiger partial charge in [0.1, 0.15) is 28.2 Å². The summed E-state index contributed by atoms with van der Waals surface area (Å²) in [4.78, 5) is 16.6. The Bertz CT molecular complexity index is 1070. The molecule has 136 valence electrons. The zero-order chi connectivity index (χ0) is 18.6. The first-order valence-electron chi connectivity index (χ1n) is 8.43. The number of para-hydroxylation sites is 1. The lowest BCUT2D eigenvalue weighted by Crippen LogP contribution is -1.95. The van der Waals surface area contributed by atoms with Crippen molar-refractivity contribution in [2.24, 2.45) is 0 Å². The fourth-order valence-electron chi connectivity index (χ4n) is 2.63. The molecule has 1 N–H and O–H groups in total. The number of aromatic nitrogens is 4. The van der Waals surface area contributed by atoms with Gasteiger partial charge in [0.2, 0.25) is 5.88 Å². The average Bonchev–Trinajstić information content (AvgIpc) is 3.09. The predicted octanol–water partition coefficient (Wildman–Crippen LogP) is 4.75. The van der Waals surface area contributed by atoms with Crippen molar-refractivity contribution in [1.29, 1.82) is 0 Å². The number of aryl methyl sites for hydroxylation is 1. The second kappa shape index (κ2) is 7.67. The minimum Gasteiger partial charge on any atom is -0.481 e. The van der Waals surface area contributed by atoms with Gasteiger partial charge in [0.15, 0.2) is 0 Å². The predicted molar refractivity (Wildman–Crippen MR) is 105 cm³/mol. The molecule has 0 aliphatic heterocycles. The highest BCUT2D eigenvalue weighted by Crippen LogP contribution is 2.27. The Morgan fingerprint density at radius 2 is 1.81 bits per heavy atom. The summed E-state index contributed by atoms with van der Waals surface area (Å²) in [6, 6.07) is 17.4. The van der Waals surface area contributed by atoms with E-state index in [0.29, 0.717) is 17.5 Å². The van der Waals surface area contributed by atoms with Crippen LogP contribution in [0.4, 0.5) is 0 Å². The molecule has 4 aromatic rings. The summed E-state index contributed by atoms with van der Waals surface area (Å²) in [6.45, 7) is 1.85. The smallest absolute Gasteiger partial charge is 0.217 e. The van der Waals surface area contributed by atoms with E-state index < -0.39 is 0 Å². The number of fused-ring (bicyclic) bond motifs is 1. The molecule has 2 aromatic carbocycles. The second-order valence-corrected chi connectivity index (χ2v) is 6.86. The van der Waals surface area contributed by atoms with Gasteiger partial charge in [0, 0.05) is 12.1 Å². The van der Waals surface area contributed by atoms with Crippen LogP contribution in [0, 0.1) is 6.92 Å². The summed E-state index contributed by atoms with van der Waals surface area (Å²) in [7, 11) is 1.60. The molecule has 0 amide bonds. The first-order chi connectivity index (χ1) is 13.2. The third-order valence-corrected chi connectivity index (χ3v) is 4.76. The maximum absolute atomic E-state index is 5.87. The van der Waals surface area contributed by atoms with Gasteiger partial charge < -0.3 is 14.5 Å². The van der Waals surface area contributed by atoms with Crippen LogP contribution in [0.2, 0.25) is 0 Å². The van der Waals surface area contributed by atoms with Gasteiger partial charge in [-0.15, -0.1) is 0 Å². The number of H-pyrrole nitrogens is 1. The average molecular weight is 378 g/mol. The molecule has 2 aromatic heterocycles. The first-order valence-corrected chi connectivity index (χ1v) is 9.42. The quantitative estimate of drug-likeness (QED) is 0.385. The molecule has 0 atom stereocenters. The summed E-state index contributed by atoms with van der Waals surface area (Å²) < 4.78 is 11.1. The van der Waals surface area contributed by atoms with Crippen LogP contribution in [-0.4, -0.2) is 27.0 Å². The molecule has 0 fully saturated rings. The summed E-state index contributed by atoms with van der Waals surface area (Å²) in [5, 5.41) is 0.855. The van der Waals surface area contributed by atoms with E-state index in [1.54, 1.807) is 18.9 Å². The fraction of sp³-hybridized carbons (Fsp3) is 0.150. The number of methoxy groups -OCH3 is 1. The second-order valence-electron chi connectivity index (χ2n) is 5.86. The lowest BCUT2D eigenvalue weighted by atomic mass is 10.3. The highest BCUT2D eigenvalue weighted by atomic mass is 32.2. The molecule has 0 radical (unpaired) electrons. The lowest BCUT2D eigenvalue weighted by molar-refractivity contribution is 0.393.